The zero-order chi connectivity index (χ0) is 12.7. The largest absolute Gasteiger partial charge is 0.511 e. The van der Waals surface area contributed by atoms with Crippen LogP contribution in [0, 0.1) is 0 Å². The fourth-order valence-corrected chi connectivity index (χ4v) is 0.993. The van der Waals surface area contributed by atoms with Crippen molar-refractivity contribution < 1.29 is 23.8 Å². The SMILES string of the molecule is CCOC(=O)OCOC(=O)c1ccc(N)cc1.Cl. The summed E-state index contributed by atoms with van der Waals surface area (Å²) in [5, 5.41) is 0. The van der Waals surface area contributed by atoms with Gasteiger partial charge in [-0.05, 0) is 31.2 Å². The number of ether oxygens (including phenoxy) is 3. The smallest absolute Gasteiger partial charge is 0.435 e. The second-order valence-corrected chi connectivity index (χ2v) is 3.00. The van der Waals surface area contributed by atoms with Gasteiger partial charge in [-0.1, -0.05) is 0 Å². The molecule has 0 aliphatic rings. The van der Waals surface area contributed by atoms with Crippen molar-refractivity contribution in [2.45, 2.75) is 6.92 Å². The Morgan fingerprint density at radius 2 is 1.72 bits per heavy atom. The Balaban J connectivity index is 0.00000289. The van der Waals surface area contributed by atoms with Crippen molar-refractivity contribution in [2.75, 3.05) is 19.1 Å². The number of carbonyl (C=O) groups excluding carboxylic acids is 2. The molecule has 6 nitrogen and oxygen atoms in total. The number of nitrogen functional groups attached to an aromatic ring is 1. The minimum atomic E-state index is -0.877. The molecule has 0 aromatic heterocycles. The molecule has 100 valence electrons. The number of rotatable bonds is 4. The second-order valence-electron chi connectivity index (χ2n) is 3.00. The topological polar surface area (TPSA) is 87.9 Å². The molecule has 1 aromatic rings. The normalized spacial score (nSPS) is 8.94. The van der Waals surface area contributed by atoms with Crippen molar-refractivity contribution in [3.8, 4) is 0 Å². The number of anilines is 1. The maximum atomic E-state index is 11.4. The van der Waals surface area contributed by atoms with Gasteiger partial charge >= 0.3 is 12.1 Å². The molecule has 0 saturated heterocycles. The van der Waals surface area contributed by atoms with Crippen LogP contribution in [0.1, 0.15) is 17.3 Å². The number of hydrogen-bond donors (Lipinski definition) is 1. The van der Waals surface area contributed by atoms with E-state index in [2.05, 4.69) is 14.2 Å². The Labute approximate surface area is 110 Å². The molecule has 0 heterocycles. The van der Waals surface area contributed by atoms with E-state index in [9.17, 15) is 9.59 Å². The lowest BCUT2D eigenvalue weighted by Gasteiger charge is -2.06. The van der Waals surface area contributed by atoms with Crippen LogP contribution in [0.15, 0.2) is 24.3 Å². The lowest BCUT2D eigenvalue weighted by molar-refractivity contribution is -0.0261. The van der Waals surface area contributed by atoms with Gasteiger partial charge in [-0.2, -0.15) is 0 Å². The van der Waals surface area contributed by atoms with E-state index in [1.165, 1.54) is 12.1 Å². The number of nitrogens with two attached hydrogens (primary N) is 1. The van der Waals surface area contributed by atoms with E-state index in [-0.39, 0.29) is 19.0 Å². The Morgan fingerprint density at radius 3 is 2.28 bits per heavy atom. The van der Waals surface area contributed by atoms with Crippen molar-refractivity contribution in [3.05, 3.63) is 29.8 Å². The molecule has 1 rings (SSSR count). The molecule has 2 N–H and O–H groups in total. The van der Waals surface area contributed by atoms with E-state index in [0.29, 0.717) is 11.3 Å². The standard InChI is InChI=1S/C11H13NO5.ClH/c1-2-15-11(14)17-7-16-10(13)8-3-5-9(12)6-4-8;/h3-6H,2,7,12H2,1H3;1H. The van der Waals surface area contributed by atoms with Gasteiger partial charge in [0.1, 0.15) is 0 Å². The fraction of sp³-hybridized carbons (Fsp3) is 0.273. The molecule has 0 radical (unpaired) electrons. The maximum absolute atomic E-state index is 11.4. The van der Waals surface area contributed by atoms with Crippen molar-refractivity contribution in [3.63, 3.8) is 0 Å². The molecule has 18 heavy (non-hydrogen) atoms. The molecule has 0 amide bonds. The van der Waals surface area contributed by atoms with Gasteiger partial charge in [-0.15, -0.1) is 12.4 Å². The van der Waals surface area contributed by atoms with Crippen LogP contribution in [-0.2, 0) is 14.2 Å². The van der Waals surface area contributed by atoms with Crippen LogP contribution in [0.5, 0.6) is 0 Å². The molecular weight excluding hydrogens is 262 g/mol. The highest BCUT2D eigenvalue weighted by atomic mass is 35.5. The number of benzene rings is 1. The molecule has 7 heteroatoms. The zero-order valence-corrected chi connectivity index (χ0v) is 10.6. The van der Waals surface area contributed by atoms with Crippen LogP contribution in [0.25, 0.3) is 0 Å². The lowest BCUT2D eigenvalue weighted by Crippen LogP contribution is -2.13. The average molecular weight is 276 g/mol. The minimum Gasteiger partial charge on any atom is -0.435 e. The molecular formula is C11H14ClNO5. The Morgan fingerprint density at radius 1 is 1.11 bits per heavy atom. The maximum Gasteiger partial charge on any atom is 0.511 e. The van der Waals surface area contributed by atoms with Crippen LogP contribution < -0.4 is 5.73 Å². The fourth-order valence-electron chi connectivity index (χ4n) is 0.993. The highest BCUT2D eigenvalue weighted by Crippen LogP contribution is 2.06. The number of hydrogen-bond acceptors (Lipinski definition) is 6. The first-order valence-electron chi connectivity index (χ1n) is 4.95. The predicted molar refractivity (Wildman–Crippen MR) is 66.5 cm³/mol. The van der Waals surface area contributed by atoms with Crippen LogP contribution in [-0.4, -0.2) is 25.5 Å². The van der Waals surface area contributed by atoms with Gasteiger partial charge in [-0.25, -0.2) is 9.59 Å². The predicted octanol–water partition coefficient (Wildman–Crippen LogP) is 1.98. The summed E-state index contributed by atoms with van der Waals surface area (Å²) in [5.41, 5.74) is 6.33. The molecule has 0 spiro atoms. The Hall–Kier alpha value is -1.95. The summed E-state index contributed by atoms with van der Waals surface area (Å²) >= 11 is 0. The Kier molecular flexibility index (Phi) is 7.30. The van der Waals surface area contributed by atoms with Crippen molar-refractivity contribution in [1.82, 2.24) is 0 Å². The Bertz CT molecular complexity index is 393. The third-order valence-electron chi connectivity index (χ3n) is 1.78. The van der Waals surface area contributed by atoms with Crippen molar-refractivity contribution >= 4 is 30.2 Å². The number of esters is 1. The summed E-state index contributed by atoms with van der Waals surface area (Å²) < 4.78 is 13.6. The summed E-state index contributed by atoms with van der Waals surface area (Å²) in [4.78, 5) is 22.2. The first-order chi connectivity index (χ1) is 8.13. The summed E-state index contributed by atoms with van der Waals surface area (Å²) in [6, 6.07) is 6.18. The molecule has 0 aliphatic carbocycles. The summed E-state index contributed by atoms with van der Waals surface area (Å²) in [7, 11) is 0. The van der Waals surface area contributed by atoms with Gasteiger partial charge in [-0.3, -0.25) is 0 Å². The van der Waals surface area contributed by atoms with Crippen molar-refractivity contribution in [2.24, 2.45) is 0 Å². The first-order valence-corrected chi connectivity index (χ1v) is 4.95. The van der Waals surface area contributed by atoms with Gasteiger partial charge in [0.15, 0.2) is 0 Å². The quantitative estimate of drug-likeness (QED) is 0.513. The third-order valence-corrected chi connectivity index (χ3v) is 1.78. The molecule has 0 aliphatic heterocycles. The van der Waals surface area contributed by atoms with Gasteiger partial charge in [0.25, 0.3) is 0 Å². The lowest BCUT2D eigenvalue weighted by atomic mass is 10.2. The highest BCUT2D eigenvalue weighted by molar-refractivity contribution is 5.89. The summed E-state index contributed by atoms with van der Waals surface area (Å²) in [6.07, 6.45) is -0.877. The van der Waals surface area contributed by atoms with E-state index in [1.807, 2.05) is 0 Å². The minimum absolute atomic E-state index is 0. The van der Waals surface area contributed by atoms with Gasteiger partial charge in [0.05, 0.1) is 12.2 Å². The highest BCUT2D eigenvalue weighted by Gasteiger charge is 2.08. The van der Waals surface area contributed by atoms with E-state index >= 15 is 0 Å². The monoisotopic (exact) mass is 275 g/mol. The van der Waals surface area contributed by atoms with Crippen LogP contribution in [0.3, 0.4) is 0 Å². The summed E-state index contributed by atoms with van der Waals surface area (Å²) in [6.45, 7) is 1.36. The van der Waals surface area contributed by atoms with Gasteiger partial charge in [0, 0.05) is 5.69 Å². The molecule has 0 atom stereocenters. The average Bonchev–Trinajstić information content (AvgIpc) is 2.30. The van der Waals surface area contributed by atoms with Crippen LogP contribution >= 0.6 is 12.4 Å². The first kappa shape index (κ1) is 16.1. The summed E-state index contributed by atoms with van der Waals surface area (Å²) in [5.74, 6) is -0.603. The third kappa shape index (κ3) is 5.40. The molecule has 0 fully saturated rings. The molecule has 0 bridgehead atoms. The second kappa shape index (κ2) is 8.19. The van der Waals surface area contributed by atoms with E-state index < -0.39 is 18.9 Å². The van der Waals surface area contributed by atoms with Crippen LogP contribution in [0.2, 0.25) is 0 Å². The molecule has 0 saturated carbocycles. The molecule has 1 aromatic carbocycles. The van der Waals surface area contributed by atoms with Crippen LogP contribution in [0.4, 0.5) is 10.5 Å². The van der Waals surface area contributed by atoms with Crippen molar-refractivity contribution in [1.29, 1.82) is 0 Å². The van der Waals surface area contributed by atoms with E-state index in [0.717, 1.165) is 0 Å². The zero-order valence-electron chi connectivity index (χ0n) is 9.75. The number of halogens is 1. The van der Waals surface area contributed by atoms with E-state index in [1.54, 1.807) is 19.1 Å². The van der Waals surface area contributed by atoms with Gasteiger partial charge < -0.3 is 19.9 Å². The number of carbonyl (C=O) groups is 2. The van der Waals surface area contributed by atoms with Gasteiger partial charge in [0.2, 0.25) is 6.79 Å². The van der Waals surface area contributed by atoms with E-state index in [4.69, 9.17) is 5.73 Å². The molecule has 0 unspecified atom stereocenters.